The summed E-state index contributed by atoms with van der Waals surface area (Å²) in [5, 5.41) is 0. The highest BCUT2D eigenvalue weighted by molar-refractivity contribution is 5.94. The third-order valence-corrected chi connectivity index (χ3v) is 5.22. The Kier molecular flexibility index (Phi) is 3.94. The average molecular weight is 300 g/mol. The van der Waals surface area contributed by atoms with Crippen LogP contribution in [0.4, 0.5) is 0 Å². The smallest absolute Gasteiger partial charge is 0.253 e. The maximum absolute atomic E-state index is 12.7. The third kappa shape index (κ3) is 2.62. The van der Waals surface area contributed by atoms with Gasteiger partial charge in [0.25, 0.3) is 5.91 Å². The molecule has 2 aliphatic heterocycles. The van der Waals surface area contributed by atoms with Crippen molar-refractivity contribution in [3.05, 3.63) is 35.4 Å². The van der Waals surface area contributed by atoms with Crippen molar-refractivity contribution >= 4 is 11.8 Å². The van der Waals surface area contributed by atoms with Gasteiger partial charge < -0.3 is 9.80 Å². The minimum absolute atomic E-state index is 0.0968. The van der Waals surface area contributed by atoms with Crippen LogP contribution in [0.25, 0.3) is 0 Å². The summed E-state index contributed by atoms with van der Waals surface area (Å²) in [6.07, 6.45) is 3.56. The van der Waals surface area contributed by atoms with Gasteiger partial charge in [0, 0.05) is 32.2 Å². The quantitative estimate of drug-likeness (QED) is 0.799. The molecule has 0 saturated carbocycles. The van der Waals surface area contributed by atoms with Crippen molar-refractivity contribution in [2.24, 2.45) is 5.41 Å². The predicted molar refractivity (Wildman–Crippen MR) is 85.6 cm³/mol. The first-order valence-electron chi connectivity index (χ1n) is 8.13. The fourth-order valence-corrected chi connectivity index (χ4v) is 3.82. The Morgan fingerprint density at radius 1 is 1.14 bits per heavy atom. The first-order chi connectivity index (χ1) is 10.5. The summed E-state index contributed by atoms with van der Waals surface area (Å²) in [6.45, 7) is 4.30. The van der Waals surface area contributed by atoms with Gasteiger partial charge in [-0.15, -0.1) is 0 Å². The van der Waals surface area contributed by atoms with Gasteiger partial charge in [0.15, 0.2) is 0 Å². The van der Waals surface area contributed by atoms with Crippen molar-refractivity contribution in [3.63, 3.8) is 0 Å². The number of aryl methyl sites for hydroxylation is 1. The molecule has 22 heavy (non-hydrogen) atoms. The van der Waals surface area contributed by atoms with E-state index in [9.17, 15) is 9.59 Å². The van der Waals surface area contributed by atoms with Crippen LogP contribution in [-0.4, -0.2) is 48.3 Å². The molecular weight excluding hydrogens is 276 g/mol. The maximum atomic E-state index is 12.7. The average Bonchev–Trinajstić information content (AvgIpc) is 2.70. The second-order valence-electron chi connectivity index (χ2n) is 6.77. The van der Waals surface area contributed by atoms with E-state index in [0.29, 0.717) is 6.54 Å². The molecule has 0 radical (unpaired) electrons. The summed E-state index contributed by atoms with van der Waals surface area (Å²) >= 11 is 0. The van der Waals surface area contributed by atoms with Crippen molar-refractivity contribution in [1.82, 2.24) is 9.80 Å². The van der Waals surface area contributed by atoms with Crippen molar-refractivity contribution in [1.29, 1.82) is 0 Å². The molecule has 1 aromatic carbocycles. The van der Waals surface area contributed by atoms with Gasteiger partial charge in [0.05, 0.1) is 5.41 Å². The molecule has 1 spiro atoms. The SMILES string of the molecule is Cc1cccc(C(=O)N2CCC[C@@]3(CCN(C)C3=O)CC2)c1. The largest absolute Gasteiger partial charge is 0.345 e. The molecule has 0 unspecified atom stereocenters. The molecule has 0 bridgehead atoms. The summed E-state index contributed by atoms with van der Waals surface area (Å²) in [6, 6.07) is 7.75. The summed E-state index contributed by atoms with van der Waals surface area (Å²) in [4.78, 5) is 28.9. The molecule has 4 heteroatoms. The predicted octanol–water partition coefficient (Wildman–Crippen LogP) is 2.47. The van der Waals surface area contributed by atoms with Gasteiger partial charge in [0.2, 0.25) is 5.91 Å². The zero-order chi connectivity index (χ0) is 15.7. The van der Waals surface area contributed by atoms with Gasteiger partial charge in [-0.1, -0.05) is 17.7 Å². The van der Waals surface area contributed by atoms with E-state index in [4.69, 9.17) is 0 Å². The molecule has 1 atom stereocenters. The van der Waals surface area contributed by atoms with Crippen LogP contribution in [0.1, 0.15) is 41.6 Å². The van der Waals surface area contributed by atoms with E-state index in [2.05, 4.69) is 0 Å². The number of hydrogen-bond donors (Lipinski definition) is 0. The summed E-state index contributed by atoms with van der Waals surface area (Å²) in [7, 11) is 1.89. The topological polar surface area (TPSA) is 40.6 Å². The molecule has 0 N–H and O–H groups in total. The van der Waals surface area contributed by atoms with Gasteiger partial charge in [-0.3, -0.25) is 9.59 Å². The van der Waals surface area contributed by atoms with Crippen LogP contribution in [0.3, 0.4) is 0 Å². The Bertz CT molecular complexity index is 599. The summed E-state index contributed by atoms with van der Waals surface area (Å²) in [5.74, 6) is 0.372. The molecule has 2 aliphatic rings. The van der Waals surface area contributed by atoms with Crippen molar-refractivity contribution in [2.75, 3.05) is 26.7 Å². The first-order valence-corrected chi connectivity index (χ1v) is 8.13. The fraction of sp³-hybridized carbons (Fsp3) is 0.556. The second-order valence-corrected chi connectivity index (χ2v) is 6.77. The molecule has 118 valence electrons. The van der Waals surface area contributed by atoms with Crippen molar-refractivity contribution in [3.8, 4) is 0 Å². The molecule has 3 rings (SSSR count). The zero-order valence-electron chi connectivity index (χ0n) is 13.5. The Labute approximate surface area is 132 Å². The van der Waals surface area contributed by atoms with Crippen LogP contribution in [0.15, 0.2) is 24.3 Å². The van der Waals surface area contributed by atoms with Crippen LogP contribution in [0, 0.1) is 12.3 Å². The molecule has 0 aliphatic carbocycles. The Morgan fingerprint density at radius 2 is 1.91 bits per heavy atom. The number of nitrogens with zero attached hydrogens (tertiary/aromatic N) is 2. The molecule has 2 saturated heterocycles. The Balaban J connectivity index is 1.73. The molecule has 4 nitrogen and oxygen atoms in total. The number of hydrogen-bond acceptors (Lipinski definition) is 2. The fourth-order valence-electron chi connectivity index (χ4n) is 3.82. The Hall–Kier alpha value is -1.84. The van der Waals surface area contributed by atoms with E-state index in [1.807, 2.05) is 48.0 Å². The van der Waals surface area contributed by atoms with E-state index >= 15 is 0 Å². The highest BCUT2D eigenvalue weighted by atomic mass is 16.2. The van der Waals surface area contributed by atoms with E-state index in [1.165, 1.54) is 0 Å². The second kappa shape index (κ2) is 5.75. The number of benzene rings is 1. The number of carbonyl (C=O) groups is 2. The lowest BCUT2D eigenvalue weighted by Gasteiger charge is -2.25. The minimum Gasteiger partial charge on any atom is -0.345 e. The van der Waals surface area contributed by atoms with Crippen LogP contribution in [-0.2, 0) is 4.79 Å². The van der Waals surface area contributed by atoms with E-state index in [-0.39, 0.29) is 17.2 Å². The Morgan fingerprint density at radius 3 is 2.59 bits per heavy atom. The summed E-state index contributed by atoms with van der Waals surface area (Å²) < 4.78 is 0. The van der Waals surface area contributed by atoms with Crippen molar-refractivity contribution < 1.29 is 9.59 Å². The molecule has 2 fully saturated rings. The summed E-state index contributed by atoms with van der Waals surface area (Å²) in [5.41, 5.74) is 1.65. The maximum Gasteiger partial charge on any atom is 0.253 e. The van der Waals surface area contributed by atoms with Crippen LogP contribution in [0.5, 0.6) is 0 Å². The molecule has 2 heterocycles. The lowest BCUT2D eigenvalue weighted by molar-refractivity contribution is -0.135. The standard InChI is InChI=1S/C18H24N2O2/c1-14-5-3-6-15(13-14)16(21)20-10-4-7-18(9-12-20)8-11-19(2)17(18)22/h3,5-6,13H,4,7-12H2,1-2H3/t18-/m1/s1. The van der Waals surface area contributed by atoms with Crippen LogP contribution in [0.2, 0.25) is 0 Å². The van der Waals surface area contributed by atoms with E-state index < -0.39 is 0 Å². The lowest BCUT2D eigenvalue weighted by Crippen LogP contribution is -2.35. The number of likely N-dealkylation sites (tertiary alicyclic amines) is 2. The van der Waals surface area contributed by atoms with Crippen molar-refractivity contribution in [2.45, 2.75) is 32.6 Å². The lowest BCUT2D eigenvalue weighted by atomic mass is 9.79. The van der Waals surface area contributed by atoms with E-state index in [0.717, 1.165) is 49.9 Å². The molecular formula is C18H24N2O2. The third-order valence-electron chi connectivity index (χ3n) is 5.22. The number of rotatable bonds is 1. The van der Waals surface area contributed by atoms with Gasteiger partial charge in [-0.05, 0) is 44.7 Å². The van der Waals surface area contributed by atoms with Gasteiger partial charge >= 0.3 is 0 Å². The molecule has 0 aromatic heterocycles. The van der Waals surface area contributed by atoms with Gasteiger partial charge in [-0.2, -0.15) is 0 Å². The minimum atomic E-state index is -0.212. The first kappa shape index (κ1) is 15.1. The van der Waals surface area contributed by atoms with Gasteiger partial charge in [-0.25, -0.2) is 0 Å². The molecule has 1 aromatic rings. The monoisotopic (exact) mass is 300 g/mol. The van der Waals surface area contributed by atoms with Gasteiger partial charge in [0.1, 0.15) is 0 Å². The van der Waals surface area contributed by atoms with E-state index in [1.54, 1.807) is 0 Å². The molecule has 2 amide bonds. The zero-order valence-corrected chi connectivity index (χ0v) is 13.5. The number of amides is 2. The number of carbonyl (C=O) groups excluding carboxylic acids is 2. The highest BCUT2D eigenvalue weighted by Crippen LogP contribution is 2.41. The van der Waals surface area contributed by atoms with Crippen LogP contribution < -0.4 is 0 Å². The normalized spacial score (nSPS) is 25.6. The highest BCUT2D eigenvalue weighted by Gasteiger charge is 2.45. The van der Waals surface area contributed by atoms with Crippen LogP contribution >= 0.6 is 0 Å².